The molecule has 2 rings (SSSR count). The number of hydrogen-bond donors (Lipinski definition) is 4. The van der Waals surface area contributed by atoms with Crippen molar-refractivity contribution in [2.75, 3.05) is 39.5 Å². The van der Waals surface area contributed by atoms with E-state index in [0.717, 1.165) is 33.4 Å². The van der Waals surface area contributed by atoms with E-state index in [0.29, 0.717) is 76.7 Å². The summed E-state index contributed by atoms with van der Waals surface area (Å²) in [6, 6.07) is 7.86. The van der Waals surface area contributed by atoms with Crippen molar-refractivity contribution >= 4 is 11.8 Å². The molecule has 8 heteroatoms. The molecule has 0 atom stereocenters. The molecule has 42 heavy (non-hydrogen) atoms. The van der Waals surface area contributed by atoms with E-state index in [1.165, 1.54) is 0 Å². The third kappa shape index (κ3) is 11.6. The van der Waals surface area contributed by atoms with Gasteiger partial charge in [0.05, 0.1) is 26.4 Å². The van der Waals surface area contributed by atoms with Crippen LogP contribution in [0, 0.1) is 13.8 Å². The number of phenolic OH excluding ortho intramolecular Hbond substituents is 2. The molecule has 2 amide bonds. The highest BCUT2D eigenvalue weighted by molar-refractivity contribution is 5.76. The Kier molecular flexibility index (Phi) is 13.3. The van der Waals surface area contributed by atoms with Crippen molar-refractivity contribution in [1.29, 1.82) is 0 Å². The van der Waals surface area contributed by atoms with Gasteiger partial charge in [0.2, 0.25) is 11.8 Å². The van der Waals surface area contributed by atoms with E-state index in [-0.39, 0.29) is 22.6 Å². The van der Waals surface area contributed by atoms with E-state index in [4.69, 9.17) is 9.47 Å². The number of carbonyl (C=O) groups excluding carboxylic acids is 2. The predicted molar refractivity (Wildman–Crippen MR) is 167 cm³/mol. The lowest BCUT2D eigenvalue weighted by Crippen LogP contribution is -2.28. The zero-order valence-corrected chi connectivity index (χ0v) is 26.9. The number of phenols is 2. The largest absolute Gasteiger partial charge is 0.507 e. The van der Waals surface area contributed by atoms with Gasteiger partial charge in [0.1, 0.15) is 11.5 Å². The highest BCUT2D eigenvalue weighted by atomic mass is 16.5. The number of rotatable bonds is 15. The van der Waals surface area contributed by atoms with E-state index in [1.54, 1.807) is 0 Å². The van der Waals surface area contributed by atoms with Crippen LogP contribution >= 0.6 is 0 Å². The molecule has 4 N–H and O–H groups in total. The normalized spacial score (nSPS) is 11.9. The number of hydrogen-bond acceptors (Lipinski definition) is 6. The van der Waals surface area contributed by atoms with E-state index < -0.39 is 0 Å². The van der Waals surface area contributed by atoms with Gasteiger partial charge in [-0.15, -0.1) is 0 Å². The van der Waals surface area contributed by atoms with Crippen molar-refractivity contribution in [3.63, 3.8) is 0 Å². The van der Waals surface area contributed by atoms with Crippen LogP contribution in [0.25, 0.3) is 0 Å². The molecule has 0 saturated heterocycles. The Morgan fingerprint density at radius 1 is 0.643 bits per heavy atom. The standard InChI is InChI=1S/C34H52N2O6/c1-23-19-25(21-27(31(23)39)33(3,4)5)9-11-29(37)35-13-15-41-17-18-42-16-14-36-30(38)12-10-26-20-24(2)32(40)28(22-26)34(6,7)8/h19-22,39-40H,9-18H2,1-8H3,(H,35,37)(H,36,38). The number of benzene rings is 2. The van der Waals surface area contributed by atoms with Crippen LogP contribution in [0.4, 0.5) is 0 Å². The van der Waals surface area contributed by atoms with E-state index in [2.05, 4.69) is 52.2 Å². The minimum atomic E-state index is -0.173. The fraction of sp³-hybridized carbons (Fsp3) is 0.588. The highest BCUT2D eigenvalue weighted by Crippen LogP contribution is 2.35. The molecule has 0 bridgehead atoms. The minimum Gasteiger partial charge on any atom is -0.507 e. The smallest absolute Gasteiger partial charge is 0.220 e. The summed E-state index contributed by atoms with van der Waals surface area (Å²) in [4.78, 5) is 24.5. The van der Waals surface area contributed by atoms with Crippen LogP contribution in [0.1, 0.15) is 87.8 Å². The van der Waals surface area contributed by atoms with Crippen molar-refractivity contribution in [2.45, 2.75) is 91.9 Å². The van der Waals surface area contributed by atoms with Crippen LogP contribution in [0.2, 0.25) is 0 Å². The summed E-state index contributed by atoms with van der Waals surface area (Å²) in [7, 11) is 0. The Morgan fingerprint density at radius 3 is 1.33 bits per heavy atom. The van der Waals surface area contributed by atoms with Gasteiger partial charge in [0.25, 0.3) is 0 Å². The SMILES string of the molecule is Cc1cc(CCC(=O)NCCOCCOCCNC(=O)CCc2cc(C)c(O)c(C(C)(C)C)c2)cc(C(C)(C)C)c1O. The Morgan fingerprint density at radius 2 is 1.00 bits per heavy atom. The number of amides is 2. The van der Waals surface area contributed by atoms with Crippen molar-refractivity contribution in [1.82, 2.24) is 10.6 Å². The molecule has 0 aliphatic heterocycles. The third-order valence-corrected chi connectivity index (χ3v) is 7.13. The molecule has 234 valence electrons. The maximum Gasteiger partial charge on any atom is 0.220 e. The number of nitrogens with one attached hydrogen (secondary N) is 2. The van der Waals surface area contributed by atoms with E-state index in [9.17, 15) is 19.8 Å². The molecule has 0 aliphatic carbocycles. The number of aromatic hydroxyl groups is 2. The van der Waals surface area contributed by atoms with Gasteiger partial charge in [-0.05, 0) is 70.9 Å². The lowest BCUT2D eigenvalue weighted by atomic mass is 9.83. The lowest BCUT2D eigenvalue weighted by molar-refractivity contribution is -0.122. The Labute approximate surface area is 252 Å². The molecule has 0 unspecified atom stereocenters. The van der Waals surface area contributed by atoms with Gasteiger partial charge >= 0.3 is 0 Å². The van der Waals surface area contributed by atoms with Crippen molar-refractivity contribution in [2.24, 2.45) is 0 Å². The second-order valence-corrected chi connectivity index (χ2v) is 13.0. The van der Waals surface area contributed by atoms with Crippen LogP contribution in [-0.4, -0.2) is 61.5 Å². The lowest BCUT2D eigenvalue weighted by Gasteiger charge is -2.22. The average molecular weight is 585 g/mol. The number of carbonyl (C=O) groups is 2. The van der Waals surface area contributed by atoms with E-state index in [1.807, 2.05) is 38.1 Å². The molecule has 0 heterocycles. The van der Waals surface area contributed by atoms with Crippen LogP contribution in [0.5, 0.6) is 11.5 Å². The first-order chi connectivity index (χ1) is 19.6. The van der Waals surface area contributed by atoms with Gasteiger partial charge in [-0.1, -0.05) is 65.8 Å². The number of aryl methyl sites for hydroxylation is 4. The molecule has 0 aliphatic rings. The molecule has 0 spiro atoms. The molecule has 0 radical (unpaired) electrons. The summed E-state index contributed by atoms with van der Waals surface area (Å²) in [5.74, 6) is 0.578. The fourth-order valence-electron chi connectivity index (χ4n) is 4.68. The molecule has 0 fully saturated rings. The Hall–Kier alpha value is -3.10. The Balaban J connectivity index is 1.53. The minimum absolute atomic E-state index is 0.0381. The van der Waals surface area contributed by atoms with Gasteiger partial charge in [-0.3, -0.25) is 9.59 Å². The van der Waals surface area contributed by atoms with Crippen LogP contribution in [-0.2, 0) is 42.7 Å². The van der Waals surface area contributed by atoms with Crippen molar-refractivity contribution in [3.05, 3.63) is 57.6 Å². The van der Waals surface area contributed by atoms with Crippen LogP contribution < -0.4 is 10.6 Å². The zero-order valence-electron chi connectivity index (χ0n) is 26.9. The van der Waals surface area contributed by atoms with Crippen molar-refractivity contribution < 1.29 is 29.3 Å². The average Bonchev–Trinajstić information content (AvgIpc) is 2.89. The van der Waals surface area contributed by atoms with Gasteiger partial charge in [0.15, 0.2) is 0 Å². The molecule has 8 nitrogen and oxygen atoms in total. The van der Waals surface area contributed by atoms with Gasteiger partial charge in [-0.2, -0.15) is 0 Å². The second kappa shape index (κ2) is 15.9. The number of ether oxygens (including phenoxy) is 2. The maximum absolute atomic E-state index is 12.2. The maximum atomic E-state index is 12.2. The summed E-state index contributed by atoms with van der Waals surface area (Å²) in [5, 5.41) is 26.5. The zero-order chi connectivity index (χ0) is 31.5. The summed E-state index contributed by atoms with van der Waals surface area (Å²) < 4.78 is 11.0. The summed E-state index contributed by atoms with van der Waals surface area (Å²) in [6.07, 6.45) is 1.95. The first kappa shape index (κ1) is 35.1. The topological polar surface area (TPSA) is 117 Å². The summed E-state index contributed by atoms with van der Waals surface area (Å²) in [5.41, 5.74) is 5.17. The molecule has 2 aromatic carbocycles. The molecular weight excluding hydrogens is 532 g/mol. The van der Waals surface area contributed by atoms with Gasteiger partial charge < -0.3 is 30.3 Å². The predicted octanol–water partition coefficient (Wildman–Crippen LogP) is 5.14. The molecule has 2 aromatic rings. The van der Waals surface area contributed by atoms with Gasteiger partial charge in [0, 0.05) is 25.9 Å². The van der Waals surface area contributed by atoms with Crippen LogP contribution in [0.3, 0.4) is 0 Å². The molecular formula is C34H52N2O6. The van der Waals surface area contributed by atoms with Crippen molar-refractivity contribution in [3.8, 4) is 11.5 Å². The fourth-order valence-corrected chi connectivity index (χ4v) is 4.68. The first-order valence-electron chi connectivity index (χ1n) is 14.9. The Bertz CT molecular complexity index is 1100. The highest BCUT2D eigenvalue weighted by Gasteiger charge is 2.21. The second-order valence-electron chi connectivity index (χ2n) is 13.0. The monoisotopic (exact) mass is 584 g/mol. The molecule has 0 aromatic heterocycles. The molecule has 0 saturated carbocycles. The quantitative estimate of drug-likeness (QED) is 0.215. The van der Waals surface area contributed by atoms with Crippen LogP contribution in [0.15, 0.2) is 24.3 Å². The summed E-state index contributed by atoms with van der Waals surface area (Å²) >= 11 is 0. The first-order valence-corrected chi connectivity index (χ1v) is 14.9. The summed E-state index contributed by atoms with van der Waals surface area (Å²) in [6.45, 7) is 18.6. The third-order valence-electron chi connectivity index (χ3n) is 7.13. The van der Waals surface area contributed by atoms with E-state index >= 15 is 0 Å². The van der Waals surface area contributed by atoms with Gasteiger partial charge in [-0.25, -0.2) is 0 Å².